The molecule has 62 valence electrons. The van der Waals surface area contributed by atoms with E-state index >= 15 is 0 Å². The number of anilines is 1. The summed E-state index contributed by atoms with van der Waals surface area (Å²) in [5, 5.41) is 10.5. The van der Waals surface area contributed by atoms with Crippen molar-refractivity contribution < 1.29 is 0 Å². The Morgan fingerprint density at radius 2 is 1.92 bits per heavy atom. The van der Waals surface area contributed by atoms with Crippen LogP contribution >= 0.6 is 0 Å². The minimum atomic E-state index is 0.421. The average Bonchev–Trinajstić information content (AvgIpc) is 2.19. The van der Waals surface area contributed by atoms with Gasteiger partial charge in [-0.1, -0.05) is 24.3 Å². The van der Waals surface area contributed by atoms with Crippen molar-refractivity contribution in [1.29, 1.82) is 5.26 Å². The first kappa shape index (κ1) is 7.56. The maximum atomic E-state index is 8.77. The zero-order valence-electron chi connectivity index (χ0n) is 6.86. The number of hydrogen-bond donors (Lipinski definition) is 1. The van der Waals surface area contributed by atoms with Crippen LogP contribution in [-0.2, 0) is 0 Å². The molecule has 0 saturated heterocycles. The first-order valence-corrected chi connectivity index (χ1v) is 3.86. The van der Waals surface area contributed by atoms with Gasteiger partial charge in [-0.3, -0.25) is 0 Å². The fraction of sp³-hybridized carbons (Fsp3) is 0. The maximum absolute atomic E-state index is 8.77. The van der Waals surface area contributed by atoms with Crippen LogP contribution in [0.2, 0.25) is 0 Å². The Kier molecular flexibility index (Phi) is 1.60. The number of nitriles is 1. The lowest BCUT2D eigenvalue weighted by atomic mass is 10.1. The van der Waals surface area contributed by atoms with Crippen LogP contribution in [0.3, 0.4) is 0 Å². The van der Waals surface area contributed by atoms with Gasteiger partial charge in [0.15, 0.2) is 0 Å². The molecule has 0 bridgehead atoms. The summed E-state index contributed by atoms with van der Waals surface area (Å²) in [6.07, 6.45) is 1.51. The quantitative estimate of drug-likeness (QED) is 0.652. The molecule has 0 spiro atoms. The van der Waals surface area contributed by atoms with Gasteiger partial charge in [0.1, 0.15) is 11.8 Å². The monoisotopic (exact) mass is 169 g/mol. The molecule has 1 aromatic carbocycles. The minimum Gasteiger partial charge on any atom is -0.397 e. The number of hydrogen-bond acceptors (Lipinski definition) is 3. The smallest absolute Gasteiger partial charge is 0.148 e. The van der Waals surface area contributed by atoms with Gasteiger partial charge in [-0.15, -0.1) is 0 Å². The van der Waals surface area contributed by atoms with E-state index in [0.29, 0.717) is 11.4 Å². The Morgan fingerprint density at radius 3 is 2.62 bits per heavy atom. The summed E-state index contributed by atoms with van der Waals surface area (Å²) in [6, 6.07) is 9.51. The Bertz CT molecular complexity index is 497. The SMILES string of the molecule is N#Cc1ncc(N)c2ccccc12. The number of aromatic nitrogens is 1. The predicted octanol–water partition coefficient (Wildman–Crippen LogP) is 1.69. The highest BCUT2D eigenvalue weighted by Gasteiger charge is 2.02. The van der Waals surface area contributed by atoms with E-state index in [2.05, 4.69) is 4.98 Å². The molecule has 0 aliphatic carbocycles. The van der Waals surface area contributed by atoms with Crippen molar-refractivity contribution in [2.45, 2.75) is 0 Å². The van der Waals surface area contributed by atoms with Crippen LogP contribution in [0.15, 0.2) is 30.5 Å². The van der Waals surface area contributed by atoms with E-state index in [1.807, 2.05) is 30.3 Å². The summed E-state index contributed by atoms with van der Waals surface area (Å²) in [4.78, 5) is 3.94. The lowest BCUT2D eigenvalue weighted by molar-refractivity contribution is 1.30. The molecule has 3 nitrogen and oxygen atoms in total. The highest BCUT2D eigenvalue weighted by atomic mass is 14.7. The van der Waals surface area contributed by atoms with E-state index in [1.54, 1.807) is 0 Å². The minimum absolute atomic E-state index is 0.421. The van der Waals surface area contributed by atoms with Gasteiger partial charge < -0.3 is 5.73 Å². The van der Waals surface area contributed by atoms with E-state index in [1.165, 1.54) is 6.20 Å². The summed E-state index contributed by atoms with van der Waals surface area (Å²) in [6.45, 7) is 0. The number of fused-ring (bicyclic) bond motifs is 1. The van der Waals surface area contributed by atoms with Crippen LogP contribution in [0.4, 0.5) is 5.69 Å². The molecule has 0 fully saturated rings. The zero-order chi connectivity index (χ0) is 9.26. The molecule has 0 saturated carbocycles. The van der Waals surface area contributed by atoms with Crippen LogP contribution < -0.4 is 5.73 Å². The van der Waals surface area contributed by atoms with E-state index in [0.717, 1.165) is 10.8 Å². The fourth-order valence-electron chi connectivity index (χ4n) is 1.30. The third-order valence-electron chi connectivity index (χ3n) is 1.93. The topological polar surface area (TPSA) is 62.7 Å². The molecular formula is C10H7N3. The standard InChI is InChI=1S/C10H7N3/c11-5-10-8-4-2-1-3-7(8)9(12)6-13-10/h1-4,6H,12H2. The molecular weight excluding hydrogens is 162 g/mol. The fourth-order valence-corrected chi connectivity index (χ4v) is 1.30. The number of nitrogen functional groups attached to an aromatic ring is 1. The highest BCUT2D eigenvalue weighted by molar-refractivity contribution is 5.94. The third-order valence-corrected chi connectivity index (χ3v) is 1.93. The molecule has 1 heterocycles. The number of rotatable bonds is 0. The molecule has 0 amide bonds. The van der Waals surface area contributed by atoms with Crippen molar-refractivity contribution in [3.8, 4) is 6.07 Å². The van der Waals surface area contributed by atoms with Crippen LogP contribution in [0.1, 0.15) is 5.69 Å². The van der Waals surface area contributed by atoms with Gasteiger partial charge in [0, 0.05) is 10.8 Å². The van der Waals surface area contributed by atoms with Gasteiger partial charge in [-0.2, -0.15) is 5.26 Å². The number of pyridine rings is 1. The average molecular weight is 169 g/mol. The van der Waals surface area contributed by atoms with Gasteiger partial charge in [0.05, 0.1) is 11.9 Å². The van der Waals surface area contributed by atoms with Crippen LogP contribution in [0.25, 0.3) is 10.8 Å². The van der Waals surface area contributed by atoms with E-state index < -0.39 is 0 Å². The van der Waals surface area contributed by atoms with Gasteiger partial charge in [-0.05, 0) is 0 Å². The van der Waals surface area contributed by atoms with Crippen molar-refractivity contribution in [3.05, 3.63) is 36.2 Å². The first-order chi connectivity index (χ1) is 6.33. The molecule has 1 aromatic heterocycles. The summed E-state index contributed by atoms with van der Waals surface area (Å²) in [5.41, 5.74) is 6.74. The first-order valence-electron chi connectivity index (χ1n) is 3.86. The zero-order valence-corrected chi connectivity index (χ0v) is 6.86. The molecule has 0 aliphatic heterocycles. The van der Waals surface area contributed by atoms with Crippen molar-refractivity contribution in [1.82, 2.24) is 4.98 Å². The molecule has 2 aromatic rings. The van der Waals surface area contributed by atoms with Crippen LogP contribution in [0, 0.1) is 11.3 Å². The number of nitrogens with two attached hydrogens (primary N) is 1. The van der Waals surface area contributed by atoms with E-state index in [4.69, 9.17) is 11.0 Å². The Balaban J connectivity index is 2.95. The molecule has 0 unspecified atom stereocenters. The predicted molar refractivity (Wildman–Crippen MR) is 50.9 cm³/mol. The maximum Gasteiger partial charge on any atom is 0.148 e. The van der Waals surface area contributed by atoms with E-state index in [9.17, 15) is 0 Å². The molecule has 2 N–H and O–H groups in total. The molecule has 3 heteroatoms. The Labute approximate surface area is 75.4 Å². The summed E-state index contributed by atoms with van der Waals surface area (Å²) in [5.74, 6) is 0. The third kappa shape index (κ3) is 1.09. The van der Waals surface area contributed by atoms with Crippen molar-refractivity contribution in [3.63, 3.8) is 0 Å². The number of nitrogens with zero attached hydrogens (tertiary/aromatic N) is 2. The van der Waals surface area contributed by atoms with Gasteiger partial charge in [-0.25, -0.2) is 4.98 Å². The second-order valence-electron chi connectivity index (χ2n) is 2.72. The number of benzene rings is 1. The Hall–Kier alpha value is -2.08. The molecule has 0 radical (unpaired) electrons. The Morgan fingerprint density at radius 1 is 1.23 bits per heavy atom. The largest absolute Gasteiger partial charge is 0.397 e. The van der Waals surface area contributed by atoms with Crippen LogP contribution in [0.5, 0.6) is 0 Å². The van der Waals surface area contributed by atoms with Gasteiger partial charge >= 0.3 is 0 Å². The molecule has 0 aliphatic rings. The van der Waals surface area contributed by atoms with Gasteiger partial charge in [0.2, 0.25) is 0 Å². The second-order valence-corrected chi connectivity index (χ2v) is 2.72. The normalized spacial score (nSPS) is 9.77. The highest BCUT2D eigenvalue weighted by Crippen LogP contribution is 2.21. The summed E-state index contributed by atoms with van der Waals surface area (Å²) >= 11 is 0. The summed E-state index contributed by atoms with van der Waals surface area (Å²) in [7, 11) is 0. The van der Waals surface area contributed by atoms with Gasteiger partial charge in [0.25, 0.3) is 0 Å². The van der Waals surface area contributed by atoms with E-state index in [-0.39, 0.29) is 0 Å². The van der Waals surface area contributed by atoms with Crippen molar-refractivity contribution in [2.75, 3.05) is 5.73 Å². The second kappa shape index (κ2) is 2.76. The summed E-state index contributed by atoms with van der Waals surface area (Å²) < 4.78 is 0. The molecule has 2 rings (SSSR count). The lowest BCUT2D eigenvalue weighted by Crippen LogP contribution is -1.91. The van der Waals surface area contributed by atoms with Crippen LogP contribution in [-0.4, -0.2) is 4.98 Å². The lowest BCUT2D eigenvalue weighted by Gasteiger charge is -2.01. The molecule has 0 atom stereocenters. The van der Waals surface area contributed by atoms with Crippen molar-refractivity contribution in [2.24, 2.45) is 0 Å². The van der Waals surface area contributed by atoms with Crippen molar-refractivity contribution >= 4 is 16.5 Å². The molecule has 13 heavy (non-hydrogen) atoms.